The molecule has 0 rings (SSSR count). The molecule has 6 heteroatoms. The molecule has 6 nitrogen and oxygen atoms in total. The average molecular weight is 189 g/mol. The summed E-state index contributed by atoms with van der Waals surface area (Å²) >= 11 is 0. The first-order chi connectivity index (χ1) is 6.16. The van der Waals surface area contributed by atoms with Crippen LogP contribution in [-0.4, -0.2) is 38.2 Å². The number of imide groups is 1. The molecule has 0 aromatic heterocycles. The van der Waals surface area contributed by atoms with Gasteiger partial charge in [-0.1, -0.05) is 0 Å². The second kappa shape index (κ2) is 7.51. The Hall–Kier alpha value is -1.14. The van der Waals surface area contributed by atoms with Gasteiger partial charge in [0.05, 0.1) is 13.2 Å². The monoisotopic (exact) mass is 189 g/mol. The van der Waals surface area contributed by atoms with Crippen LogP contribution in [0.25, 0.3) is 0 Å². The predicted molar refractivity (Wildman–Crippen MR) is 47.1 cm³/mol. The molecule has 0 saturated carbocycles. The van der Waals surface area contributed by atoms with Crippen LogP contribution in [0.5, 0.6) is 0 Å². The molecule has 0 atom stereocenters. The minimum Gasteiger partial charge on any atom is -0.380 e. The van der Waals surface area contributed by atoms with Gasteiger partial charge in [0.2, 0.25) is 5.91 Å². The van der Waals surface area contributed by atoms with Gasteiger partial charge in [0.15, 0.2) is 0 Å². The van der Waals surface area contributed by atoms with Crippen LogP contribution in [0.15, 0.2) is 0 Å². The highest BCUT2D eigenvalue weighted by atomic mass is 16.5. The topological polar surface area (TPSA) is 93.4 Å². The van der Waals surface area contributed by atoms with E-state index < -0.39 is 11.9 Å². The zero-order valence-corrected chi connectivity index (χ0v) is 7.63. The van der Waals surface area contributed by atoms with E-state index in [4.69, 9.17) is 10.5 Å². The highest BCUT2D eigenvalue weighted by Gasteiger charge is 2.01. The largest absolute Gasteiger partial charge is 0.380 e. The molecule has 76 valence electrons. The van der Waals surface area contributed by atoms with Gasteiger partial charge in [-0.25, -0.2) is 4.79 Å². The third kappa shape index (κ3) is 8.77. The molecule has 4 N–H and O–H groups in total. The van der Waals surface area contributed by atoms with Crippen LogP contribution in [0.1, 0.15) is 6.92 Å². The Morgan fingerprint density at radius 2 is 2.15 bits per heavy atom. The first-order valence-electron chi connectivity index (χ1n) is 4.04. The van der Waals surface area contributed by atoms with Gasteiger partial charge in [-0.05, 0) is 6.92 Å². The Balaban J connectivity index is 3.22. The van der Waals surface area contributed by atoms with E-state index in [0.717, 1.165) is 0 Å². The van der Waals surface area contributed by atoms with E-state index in [-0.39, 0.29) is 6.54 Å². The number of ether oxygens (including phenoxy) is 1. The van der Waals surface area contributed by atoms with Gasteiger partial charge in [-0.15, -0.1) is 0 Å². The maximum atomic E-state index is 10.8. The predicted octanol–water partition coefficient (Wildman–Crippen LogP) is -1.19. The number of urea groups is 1. The van der Waals surface area contributed by atoms with E-state index >= 15 is 0 Å². The van der Waals surface area contributed by atoms with Crippen molar-refractivity contribution in [1.29, 1.82) is 0 Å². The van der Waals surface area contributed by atoms with Crippen molar-refractivity contribution >= 4 is 11.9 Å². The number of rotatable bonds is 6. The van der Waals surface area contributed by atoms with Crippen molar-refractivity contribution < 1.29 is 14.3 Å². The first-order valence-corrected chi connectivity index (χ1v) is 4.04. The molecule has 0 unspecified atom stereocenters. The molecule has 0 aliphatic heterocycles. The third-order valence-electron chi connectivity index (χ3n) is 1.18. The maximum Gasteiger partial charge on any atom is 0.318 e. The Morgan fingerprint density at radius 3 is 2.69 bits per heavy atom. The quantitative estimate of drug-likeness (QED) is 0.458. The number of primary amides is 1. The smallest absolute Gasteiger partial charge is 0.318 e. The van der Waals surface area contributed by atoms with Crippen molar-refractivity contribution in [3.8, 4) is 0 Å². The SMILES string of the molecule is CCOCCNCC(=O)NC(N)=O. The van der Waals surface area contributed by atoms with Crippen LogP contribution in [0.3, 0.4) is 0 Å². The second-order valence-corrected chi connectivity index (χ2v) is 2.29. The lowest BCUT2D eigenvalue weighted by atomic mass is 10.5. The van der Waals surface area contributed by atoms with E-state index in [2.05, 4.69) is 5.32 Å². The summed E-state index contributed by atoms with van der Waals surface area (Å²) < 4.78 is 5.01. The van der Waals surface area contributed by atoms with Crippen molar-refractivity contribution in [3.63, 3.8) is 0 Å². The van der Waals surface area contributed by atoms with Gasteiger partial charge in [0.1, 0.15) is 0 Å². The highest BCUT2D eigenvalue weighted by Crippen LogP contribution is 1.70. The van der Waals surface area contributed by atoms with Crippen molar-refractivity contribution in [2.75, 3.05) is 26.3 Å². The fraction of sp³-hybridized carbons (Fsp3) is 0.714. The van der Waals surface area contributed by atoms with Gasteiger partial charge in [0, 0.05) is 13.2 Å². The van der Waals surface area contributed by atoms with Crippen LogP contribution in [0.2, 0.25) is 0 Å². The number of carbonyl (C=O) groups excluding carboxylic acids is 2. The van der Waals surface area contributed by atoms with Crippen LogP contribution in [0.4, 0.5) is 4.79 Å². The van der Waals surface area contributed by atoms with Crippen molar-refractivity contribution in [2.24, 2.45) is 5.73 Å². The summed E-state index contributed by atoms with van der Waals surface area (Å²) in [6, 6.07) is -0.836. The number of hydrogen-bond acceptors (Lipinski definition) is 4. The minimum atomic E-state index is -0.836. The van der Waals surface area contributed by atoms with Crippen LogP contribution in [0, 0.1) is 0 Å². The van der Waals surface area contributed by atoms with Crippen molar-refractivity contribution in [3.05, 3.63) is 0 Å². The first kappa shape index (κ1) is 11.9. The van der Waals surface area contributed by atoms with E-state index in [0.29, 0.717) is 19.8 Å². The summed E-state index contributed by atoms with van der Waals surface area (Å²) in [5.74, 6) is -0.441. The van der Waals surface area contributed by atoms with Crippen LogP contribution in [-0.2, 0) is 9.53 Å². The third-order valence-corrected chi connectivity index (χ3v) is 1.18. The Kier molecular flexibility index (Phi) is 6.85. The van der Waals surface area contributed by atoms with Gasteiger partial charge < -0.3 is 15.8 Å². The molecule has 0 spiro atoms. The van der Waals surface area contributed by atoms with Gasteiger partial charge in [-0.2, -0.15) is 0 Å². The van der Waals surface area contributed by atoms with E-state index in [1.54, 1.807) is 0 Å². The summed E-state index contributed by atoms with van der Waals surface area (Å²) in [7, 11) is 0. The fourth-order valence-electron chi connectivity index (χ4n) is 0.672. The molecule has 13 heavy (non-hydrogen) atoms. The summed E-state index contributed by atoms with van der Waals surface area (Å²) in [6.07, 6.45) is 0. The molecule has 0 aromatic rings. The molecule has 0 aliphatic rings. The molecule has 0 saturated heterocycles. The van der Waals surface area contributed by atoms with E-state index in [9.17, 15) is 9.59 Å². The molecule has 3 amide bonds. The zero-order chi connectivity index (χ0) is 10.1. The molecule has 0 aliphatic carbocycles. The minimum absolute atomic E-state index is 0.0655. The Labute approximate surface area is 76.8 Å². The van der Waals surface area contributed by atoms with Crippen LogP contribution >= 0.6 is 0 Å². The highest BCUT2D eigenvalue weighted by molar-refractivity contribution is 5.94. The average Bonchev–Trinajstić information content (AvgIpc) is 2.02. The number of nitrogens with two attached hydrogens (primary N) is 1. The molecular weight excluding hydrogens is 174 g/mol. The fourth-order valence-corrected chi connectivity index (χ4v) is 0.672. The lowest BCUT2D eigenvalue weighted by Crippen LogP contribution is -2.41. The normalized spacial score (nSPS) is 9.62. The van der Waals surface area contributed by atoms with Gasteiger partial charge in [0.25, 0.3) is 0 Å². The molecule has 0 heterocycles. The van der Waals surface area contributed by atoms with Crippen molar-refractivity contribution in [2.45, 2.75) is 6.92 Å². The number of amides is 3. The summed E-state index contributed by atoms with van der Waals surface area (Å²) in [5, 5.41) is 4.71. The Bertz CT molecular complexity index is 172. The van der Waals surface area contributed by atoms with E-state index in [1.165, 1.54) is 0 Å². The number of carbonyl (C=O) groups is 2. The summed E-state index contributed by atoms with van der Waals surface area (Å²) in [5.41, 5.74) is 4.72. The standard InChI is InChI=1S/C7H15N3O3/c1-2-13-4-3-9-5-6(11)10-7(8)12/h9H,2-5H2,1H3,(H3,8,10,11,12). The molecule has 0 bridgehead atoms. The van der Waals surface area contributed by atoms with Gasteiger partial charge >= 0.3 is 6.03 Å². The Morgan fingerprint density at radius 1 is 1.46 bits per heavy atom. The lowest BCUT2D eigenvalue weighted by molar-refractivity contribution is -0.119. The molecule has 0 fully saturated rings. The second-order valence-electron chi connectivity index (χ2n) is 2.29. The summed E-state index contributed by atoms with van der Waals surface area (Å²) in [6.45, 7) is 3.71. The number of hydrogen-bond donors (Lipinski definition) is 3. The zero-order valence-electron chi connectivity index (χ0n) is 7.63. The molecular formula is C7H15N3O3. The van der Waals surface area contributed by atoms with Gasteiger partial charge in [-0.3, -0.25) is 10.1 Å². The van der Waals surface area contributed by atoms with Crippen LogP contribution < -0.4 is 16.4 Å². The molecule has 0 radical (unpaired) electrons. The lowest BCUT2D eigenvalue weighted by Gasteiger charge is -2.03. The van der Waals surface area contributed by atoms with E-state index in [1.807, 2.05) is 12.2 Å². The molecule has 0 aromatic carbocycles. The number of nitrogens with one attached hydrogen (secondary N) is 2. The summed E-state index contributed by atoms with van der Waals surface area (Å²) in [4.78, 5) is 21.0. The van der Waals surface area contributed by atoms with Crippen molar-refractivity contribution in [1.82, 2.24) is 10.6 Å². The maximum absolute atomic E-state index is 10.8.